The van der Waals surface area contributed by atoms with Gasteiger partial charge in [-0.1, -0.05) is 12.2 Å². The second kappa shape index (κ2) is 4.55. The van der Waals surface area contributed by atoms with Crippen LogP contribution in [0.3, 0.4) is 0 Å². The van der Waals surface area contributed by atoms with Crippen molar-refractivity contribution in [2.45, 2.75) is 0 Å². The normalized spacial score (nSPS) is 16.6. The van der Waals surface area contributed by atoms with E-state index in [2.05, 4.69) is 14.5 Å². The van der Waals surface area contributed by atoms with Crippen LogP contribution in [0.4, 0.5) is 0 Å². The Morgan fingerprint density at radius 3 is 3.00 bits per heavy atom. The number of hydrogen-bond acceptors (Lipinski definition) is 4. The van der Waals surface area contributed by atoms with Gasteiger partial charge in [0.25, 0.3) is 0 Å². The van der Waals surface area contributed by atoms with Crippen LogP contribution in [-0.2, 0) is 9.08 Å². The SMILES string of the molecule is CN1CC=C(NC(=S)C(=O)OCl)C1. The second-order valence-corrected chi connectivity index (χ2v) is 3.31. The van der Waals surface area contributed by atoms with Gasteiger partial charge in [0.2, 0.25) is 0 Å². The van der Waals surface area contributed by atoms with E-state index in [-0.39, 0.29) is 4.99 Å². The molecule has 0 bridgehead atoms. The van der Waals surface area contributed by atoms with E-state index in [1.165, 1.54) is 0 Å². The molecule has 1 N–H and O–H groups in total. The van der Waals surface area contributed by atoms with E-state index in [4.69, 9.17) is 24.1 Å². The van der Waals surface area contributed by atoms with Crippen LogP contribution in [0.2, 0.25) is 0 Å². The molecule has 0 spiro atoms. The van der Waals surface area contributed by atoms with Crippen molar-refractivity contribution in [3.63, 3.8) is 0 Å². The van der Waals surface area contributed by atoms with Crippen LogP contribution in [-0.4, -0.2) is 36.0 Å². The number of thiocarbonyl (C=S) groups is 1. The maximum absolute atomic E-state index is 10.8. The van der Waals surface area contributed by atoms with Gasteiger partial charge in [0, 0.05) is 18.8 Å². The molecule has 6 heteroatoms. The molecule has 0 saturated carbocycles. The first kappa shape index (κ1) is 10.4. The Morgan fingerprint density at radius 2 is 2.54 bits per heavy atom. The van der Waals surface area contributed by atoms with Crippen molar-refractivity contribution < 1.29 is 9.08 Å². The van der Waals surface area contributed by atoms with Gasteiger partial charge in [0.15, 0.2) is 4.99 Å². The highest BCUT2D eigenvalue weighted by molar-refractivity contribution is 7.82. The summed E-state index contributed by atoms with van der Waals surface area (Å²) in [6.45, 7) is 1.59. The van der Waals surface area contributed by atoms with Crippen LogP contribution in [0.15, 0.2) is 11.8 Å². The molecule has 1 aliphatic rings. The number of hydrogen-bond donors (Lipinski definition) is 1. The van der Waals surface area contributed by atoms with Gasteiger partial charge in [-0.3, -0.25) is 4.90 Å². The van der Waals surface area contributed by atoms with Crippen LogP contribution in [0.1, 0.15) is 0 Å². The zero-order chi connectivity index (χ0) is 9.84. The first-order valence-electron chi connectivity index (χ1n) is 3.65. The van der Waals surface area contributed by atoms with Crippen molar-refractivity contribution in [1.82, 2.24) is 10.2 Å². The third-order valence-corrected chi connectivity index (χ3v) is 2.03. The lowest BCUT2D eigenvalue weighted by Crippen LogP contribution is -2.30. The van der Waals surface area contributed by atoms with Crippen LogP contribution in [0.5, 0.6) is 0 Å². The van der Waals surface area contributed by atoms with Gasteiger partial charge >= 0.3 is 5.97 Å². The predicted molar refractivity (Wildman–Crippen MR) is 53.3 cm³/mol. The van der Waals surface area contributed by atoms with Crippen molar-refractivity contribution >= 4 is 35.0 Å². The lowest BCUT2D eigenvalue weighted by atomic mass is 10.4. The molecule has 0 aromatic rings. The average Bonchev–Trinajstić information content (AvgIpc) is 2.49. The second-order valence-electron chi connectivity index (χ2n) is 2.74. The summed E-state index contributed by atoms with van der Waals surface area (Å²) in [4.78, 5) is 12.8. The maximum atomic E-state index is 10.8. The van der Waals surface area contributed by atoms with E-state index in [1.54, 1.807) is 0 Å². The maximum Gasteiger partial charge on any atom is 0.384 e. The summed E-state index contributed by atoms with van der Waals surface area (Å²) < 4.78 is 3.94. The van der Waals surface area contributed by atoms with Gasteiger partial charge in [-0.2, -0.15) is 0 Å². The predicted octanol–water partition coefficient (Wildman–Crippen LogP) is 0.430. The molecule has 0 radical (unpaired) electrons. The van der Waals surface area contributed by atoms with Crippen molar-refractivity contribution in [2.24, 2.45) is 0 Å². The highest BCUT2D eigenvalue weighted by Gasteiger charge is 2.15. The fraction of sp³-hybridized carbons (Fsp3) is 0.429. The van der Waals surface area contributed by atoms with Crippen LogP contribution in [0, 0.1) is 0 Å². The number of carbonyl (C=O) groups excluding carboxylic acids is 1. The van der Waals surface area contributed by atoms with Crippen LogP contribution >= 0.6 is 24.1 Å². The minimum absolute atomic E-state index is 0.0171. The van der Waals surface area contributed by atoms with E-state index in [0.717, 1.165) is 18.8 Å². The quantitative estimate of drug-likeness (QED) is 0.650. The number of nitrogens with one attached hydrogen (secondary N) is 1. The topological polar surface area (TPSA) is 41.6 Å². The van der Waals surface area contributed by atoms with E-state index in [1.807, 2.05) is 13.1 Å². The number of halogens is 1. The van der Waals surface area contributed by atoms with Crippen LogP contribution < -0.4 is 5.32 Å². The minimum Gasteiger partial charge on any atom is -0.343 e. The number of likely N-dealkylation sites (N-methyl/N-ethyl adjacent to an activating group) is 1. The minimum atomic E-state index is -0.730. The molecule has 0 amide bonds. The van der Waals surface area contributed by atoms with Crippen molar-refractivity contribution in [1.29, 1.82) is 0 Å². The third-order valence-electron chi connectivity index (χ3n) is 1.62. The molecule has 0 atom stereocenters. The third kappa shape index (κ3) is 2.95. The van der Waals surface area contributed by atoms with Crippen molar-refractivity contribution in [3.8, 4) is 0 Å². The molecule has 1 aliphatic heterocycles. The molecule has 0 aliphatic carbocycles. The van der Waals surface area contributed by atoms with E-state index in [9.17, 15) is 4.79 Å². The van der Waals surface area contributed by atoms with Gasteiger partial charge < -0.3 is 9.61 Å². The first-order valence-corrected chi connectivity index (χ1v) is 4.36. The Hall–Kier alpha value is -0.650. The van der Waals surface area contributed by atoms with Gasteiger partial charge in [-0.15, -0.1) is 0 Å². The smallest absolute Gasteiger partial charge is 0.343 e. The summed E-state index contributed by atoms with van der Waals surface area (Å²) in [5.41, 5.74) is 0.898. The summed E-state index contributed by atoms with van der Waals surface area (Å²) in [5.74, 6) is -0.730. The zero-order valence-electron chi connectivity index (χ0n) is 7.04. The standard InChI is InChI=1S/C7H9ClN2O2S/c1-10-3-2-5(4-10)9-6(13)7(11)12-8/h2H,3-4H2,1H3,(H,9,13). The monoisotopic (exact) mass is 220 g/mol. The summed E-state index contributed by atoms with van der Waals surface area (Å²) in [6, 6.07) is 0. The molecular formula is C7H9ClN2O2S. The Kier molecular flexibility index (Phi) is 3.65. The van der Waals surface area contributed by atoms with Gasteiger partial charge in [-0.05, 0) is 13.1 Å². The number of carbonyl (C=O) groups is 1. The van der Waals surface area contributed by atoms with Crippen molar-refractivity contribution in [2.75, 3.05) is 20.1 Å². The summed E-state index contributed by atoms with van der Waals surface area (Å²) in [5, 5.41) is 2.75. The molecule has 4 nitrogen and oxygen atoms in total. The lowest BCUT2D eigenvalue weighted by molar-refractivity contribution is -0.126. The van der Waals surface area contributed by atoms with E-state index < -0.39 is 5.97 Å². The molecule has 1 rings (SSSR count). The van der Waals surface area contributed by atoms with E-state index in [0.29, 0.717) is 0 Å². The fourth-order valence-corrected chi connectivity index (χ4v) is 1.30. The molecule has 13 heavy (non-hydrogen) atoms. The summed E-state index contributed by atoms with van der Waals surface area (Å²) in [6.07, 6.45) is 1.95. The molecule has 0 unspecified atom stereocenters. The Bertz CT molecular complexity index is 267. The Morgan fingerprint density at radius 1 is 1.85 bits per heavy atom. The van der Waals surface area contributed by atoms with Gasteiger partial charge in [-0.25, -0.2) is 4.79 Å². The molecule has 0 aromatic carbocycles. The molecule has 1 heterocycles. The molecule has 0 saturated heterocycles. The van der Waals surface area contributed by atoms with Crippen molar-refractivity contribution in [3.05, 3.63) is 11.8 Å². The molecule has 0 fully saturated rings. The van der Waals surface area contributed by atoms with Gasteiger partial charge in [0.05, 0.1) is 0 Å². The van der Waals surface area contributed by atoms with Crippen LogP contribution in [0.25, 0.3) is 0 Å². The van der Waals surface area contributed by atoms with E-state index >= 15 is 0 Å². The number of nitrogens with zero attached hydrogens (tertiary/aromatic N) is 1. The average molecular weight is 221 g/mol. The summed E-state index contributed by atoms with van der Waals surface area (Å²) in [7, 11) is 1.97. The highest BCUT2D eigenvalue weighted by Crippen LogP contribution is 2.03. The Balaban J connectivity index is 2.41. The largest absolute Gasteiger partial charge is 0.384 e. The zero-order valence-corrected chi connectivity index (χ0v) is 8.61. The lowest BCUT2D eigenvalue weighted by Gasteiger charge is -2.08. The highest BCUT2D eigenvalue weighted by atomic mass is 35.5. The fourth-order valence-electron chi connectivity index (χ4n) is 1.01. The first-order chi connectivity index (χ1) is 6.13. The Labute approximate surface area is 86.7 Å². The summed E-state index contributed by atoms with van der Waals surface area (Å²) >= 11 is 9.58. The number of rotatable bonds is 1. The molecule has 0 aromatic heterocycles. The molecule has 72 valence electrons. The van der Waals surface area contributed by atoms with Gasteiger partial charge in [0.1, 0.15) is 11.9 Å². The molecular weight excluding hydrogens is 212 g/mol.